The van der Waals surface area contributed by atoms with Crippen molar-refractivity contribution in [2.75, 3.05) is 5.32 Å². The molecule has 3 heteroatoms. The SMILES string of the molecule is CCc1ccc(C(C)Nc2cccc(C#N)c2)s1. The Hall–Kier alpha value is -1.79. The van der Waals surface area contributed by atoms with Crippen molar-refractivity contribution in [2.45, 2.75) is 26.3 Å². The molecule has 0 bridgehead atoms. The molecule has 2 rings (SSSR count). The second-order valence-corrected chi connectivity index (χ2v) is 5.42. The van der Waals surface area contributed by atoms with Gasteiger partial charge in [-0.15, -0.1) is 11.3 Å². The van der Waals surface area contributed by atoms with Gasteiger partial charge in [0.05, 0.1) is 17.7 Å². The summed E-state index contributed by atoms with van der Waals surface area (Å²) < 4.78 is 0. The minimum absolute atomic E-state index is 0.268. The van der Waals surface area contributed by atoms with Gasteiger partial charge >= 0.3 is 0 Å². The molecule has 0 aliphatic heterocycles. The first-order valence-corrected chi connectivity index (χ1v) is 6.90. The summed E-state index contributed by atoms with van der Waals surface area (Å²) in [5, 5.41) is 12.3. The van der Waals surface area contributed by atoms with E-state index in [-0.39, 0.29) is 6.04 Å². The van der Waals surface area contributed by atoms with Crippen molar-refractivity contribution in [1.82, 2.24) is 0 Å². The quantitative estimate of drug-likeness (QED) is 0.882. The van der Waals surface area contributed by atoms with Crippen molar-refractivity contribution < 1.29 is 0 Å². The number of rotatable bonds is 4. The van der Waals surface area contributed by atoms with Crippen molar-refractivity contribution in [2.24, 2.45) is 0 Å². The van der Waals surface area contributed by atoms with Crippen LogP contribution in [-0.2, 0) is 6.42 Å². The number of nitrogens with one attached hydrogen (secondary N) is 1. The molecule has 1 aromatic heterocycles. The molecule has 0 radical (unpaired) electrons. The molecule has 0 spiro atoms. The Morgan fingerprint density at radius 3 is 2.83 bits per heavy atom. The summed E-state index contributed by atoms with van der Waals surface area (Å²) in [6.07, 6.45) is 1.08. The van der Waals surface area contributed by atoms with Crippen LogP contribution in [0.3, 0.4) is 0 Å². The number of nitrogens with zero attached hydrogens (tertiary/aromatic N) is 1. The zero-order valence-corrected chi connectivity index (χ0v) is 11.4. The van der Waals surface area contributed by atoms with Gasteiger partial charge < -0.3 is 5.32 Å². The molecule has 0 saturated heterocycles. The maximum atomic E-state index is 8.87. The Bertz CT molecular complexity index is 566. The predicted octanol–water partition coefficient (Wildman–Crippen LogP) is 4.36. The van der Waals surface area contributed by atoms with Crippen LogP contribution in [0.25, 0.3) is 0 Å². The minimum atomic E-state index is 0.268. The smallest absolute Gasteiger partial charge is 0.0992 e. The lowest BCUT2D eigenvalue weighted by atomic mass is 10.2. The molecule has 92 valence electrons. The predicted molar refractivity (Wildman–Crippen MR) is 76.9 cm³/mol. The summed E-state index contributed by atoms with van der Waals surface area (Å²) in [4.78, 5) is 2.73. The van der Waals surface area contributed by atoms with Crippen LogP contribution in [0.5, 0.6) is 0 Å². The lowest BCUT2D eigenvalue weighted by Crippen LogP contribution is -2.04. The van der Waals surface area contributed by atoms with Crippen molar-refractivity contribution in [3.63, 3.8) is 0 Å². The Balaban J connectivity index is 2.11. The van der Waals surface area contributed by atoms with Gasteiger partial charge in [-0.05, 0) is 43.7 Å². The first-order valence-electron chi connectivity index (χ1n) is 6.08. The lowest BCUT2D eigenvalue weighted by Gasteiger charge is -2.13. The zero-order valence-electron chi connectivity index (χ0n) is 10.6. The van der Waals surface area contributed by atoms with Gasteiger partial charge in [0.25, 0.3) is 0 Å². The third kappa shape index (κ3) is 2.91. The van der Waals surface area contributed by atoms with Crippen LogP contribution in [0.1, 0.15) is 35.2 Å². The zero-order chi connectivity index (χ0) is 13.0. The van der Waals surface area contributed by atoms with Gasteiger partial charge in [0.1, 0.15) is 0 Å². The molecular formula is C15H16N2S. The number of anilines is 1. The van der Waals surface area contributed by atoms with Gasteiger partial charge in [0.15, 0.2) is 0 Å². The van der Waals surface area contributed by atoms with Gasteiger partial charge in [-0.2, -0.15) is 5.26 Å². The molecule has 18 heavy (non-hydrogen) atoms. The molecule has 2 aromatic rings. The maximum absolute atomic E-state index is 8.87. The number of nitriles is 1. The summed E-state index contributed by atoms with van der Waals surface area (Å²) in [5.41, 5.74) is 1.68. The normalized spacial score (nSPS) is 11.8. The van der Waals surface area contributed by atoms with E-state index < -0.39 is 0 Å². The fraction of sp³-hybridized carbons (Fsp3) is 0.267. The van der Waals surface area contributed by atoms with Crippen LogP contribution in [0, 0.1) is 11.3 Å². The molecule has 1 aromatic carbocycles. The van der Waals surface area contributed by atoms with E-state index in [0.717, 1.165) is 12.1 Å². The highest BCUT2D eigenvalue weighted by molar-refractivity contribution is 7.12. The second-order valence-electron chi connectivity index (χ2n) is 4.22. The maximum Gasteiger partial charge on any atom is 0.0992 e. The van der Waals surface area contributed by atoms with E-state index in [1.165, 1.54) is 9.75 Å². The van der Waals surface area contributed by atoms with Gasteiger partial charge in [0, 0.05) is 15.4 Å². The molecule has 0 aliphatic carbocycles. The molecule has 1 atom stereocenters. The molecule has 2 nitrogen and oxygen atoms in total. The molecule has 0 amide bonds. The van der Waals surface area contributed by atoms with E-state index >= 15 is 0 Å². The lowest BCUT2D eigenvalue weighted by molar-refractivity contribution is 0.908. The fourth-order valence-corrected chi connectivity index (χ4v) is 2.77. The monoisotopic (exact) mass is 256 g/mol. The van der Waals surface area contributed by atoms with Crippen LogP contribution in [0.2, 0.25) is 0 Å². The highest BCUT2D eigenvalue weighted by Crippen LogP contribution is 2.26. The molecule has 1 N–H and O–H groups in total. The number of benzene rings is 1. The number of aryl methyl sites for hydroxylation is 1. The molecule has 1 heterocycles. The fourth-order valence-electron chi connectivity index (χ4n) is 1.82. The average Bonchev–Trinajstić information content (AvgIpc) is 2.88. The number of hydrogen-bond donors (Lipinski definition) is 1. The Morgan fingerprint density at radius 2 is 2.17 bits per heavy atom. The molecular weight excluding hydrogens is 240 g/mol. The summed E-state index contributed by atoms with van der Waals surface area (Å²) in [5.74, 6) is 0. The highest BCUT2D eigenvalue weighted by atomic mass is 32.1. The first-order chi connectivity index (χ1) is 8.72. The van der Waals surface area contributed by atoms with Crippen LogP contribution in [0.4, 0.5) is 5.69 Å². The van der Waals surface area contributed by atoms with E-state index in [9.17, 15) is 0 Å². The Labute approximate surface area is 112 Å². The van der Waals surface area contributed by atoms with E-state index in [0.29, 0.717) is 5.56 Å². The van der Waals surface area contributed by atoms with E-state index in [4.69, 9.17) is 5.26 Å². The number of thiophene rings is 1. The third-order valence-corrected chi connectivity index (χ3v) is 4.24. The molecule has 1 unspecified atom stereocenters. The topological polar surface area (TPSA) is 35.8 Å². The van der Waals surface area contributed by atoms with Gasteiger partial charge in [0.2, 0.25) is 0 Å². The minimum Gasteiger partial charge on any atom is -0.378 e. The average molecular weight is 256 g/mol. The second kappa shape index (κ2) is 5.70. The van der Waals surface area contributed by atoms with Crippen molar-refractivity contribution in [3.05, 3.63) is 51.7 Å². The van der Waals surface area contributed by atoms with E-state index in [2.05, 4.69) is 37.4 Å². The summed E-state index contributed by atoms with van der Waals surface area (Å²) in [7, 11) is 0. The highest BCUT2D eigenvalue weighted by Gasteiger charge is 2.08. The standard InChI is InChI=1S/C15H16N2S/c1-3-14-7-8-15(18-14)11(2)17-13-6-4-5-12(9-13)10-16/h4-9,11,17H,3H2,1-2H3. The summed E-state index contributed by atoms with van der Waals surface area (Å²) in [6.45, 7) is 4.31. The largest absolute Gasteiger partial charge is 0.378 e. The van der Waals surface area contributed by atoms with Crippen molar-refractivity contribution in [1.29, 1.82) is 5.26 Å². The molecule has 0 saturated carbocycles. The van der Waals surface area contributed by atoms with Gasteiger partial charge in [-0.25, -0.2) is 0 Å². The van der Waals surface area contributed by atoms with Crippen molar-refractivity contribution >= 4 is 17.0 Å². The Morgan fingerprint density at radius 1 is 1.33 bits per heavy atom. The molecule has 0 fully saturated rings. The first kappa shape index (κ1) is 12.7. The van der Waals surface area contributed by atoms with Gasteiger partial charge in [-0.3, -0.25) is 0 Å². The molecule has 0 aliphatic rings. The van der Waals surface area contributed by atoms with Crippen LogP contribution in [0.15, 0.2) is 36.4 Å². The van der Waals surface area contributed by atoms with Gasteiger partial charge in [-0.1, -0.05) is 13.0 Å². The van der Waals surface area contributed by atoms with E-state index in [1.807, 2.05) is 35.6 Å². The van der Waals surface area contributed by atoms with E-state index in [1.54, 1.807) is 0 Å². The van der Waals surface area contributed by atoms with Crippen LogP contribution in [-0.4, -0.2) is 0 Å². The summed E-state index contributed by atoms with van der Waals surface area (Å²) >= 11 is 1.84. The van der Waals surface area contributed by atoms with Crippen LogP contribution >= 0.6 is 11.3 Å². The van der Waals surface area contributed by atoms with Crippen molar-refractivity contribution in [3.8, 4) is 6.07 Å². The Kier molecular flexibility index (Phi) is 4.01. The third-order valence-electron chi connectivity index (χ3n) is 2.83. The number of hydrogen-bond acceptors (Lipinski definition) is 3. The van der Waals surface area contributed by atoms with Crippen LogP contribution < -0.4 is 5.32 Å². The summed E-state index contributed by atoms with van der Waals surface area (Å²) in [6, 6.07) is 14.4.